The first kappa shape index (κ1) is 20.8. The van der Waals surface area contributed by atoms with E-state index in [9.17, 15) is 9.59 Å². The number of anilines is 1. The summed E-state index contributed by atoms with van der Waals surface area (Å²) >= 11 is 0. The van der Waals surface area contributed by atoms with Crippen LogP contribution in [0.3, 0.4) is 0 Å². The topological polar surface area (TPSA) is 67.2 Å². The third kappa shape index (κ3) is 5.20. The number of nitrogens with zero attached hydrogens (tertiary/aromatic N) is 3. The highest BCUT2D eigenvalue weighted by molar-refractivity contribution is 6.04. The fourth-order valence-electron chi connectivity index (χ4n) is 4.08. The maximum Gasteiger partial charge on any atom is 0.255 e. The van der Waals surface area contributed by atoms with Crippen molar-refractivity contribution in [2.24, 2.45) is 0 Å². The van der Waals surface area contributed by atoms with E-state index in [1.165, 1.54) is 19.3 Å². The minimum absolute atomic E-state index is 0.0394. The summed E-state index contributed by atoms with van der Waals surface area (Å²) in [4.78, 5) is 27.2. The third-order valence-electron chi connectivity index (χ3n) is 5.95. The number of carbonyl (C=O) groups excluding carboxylic acids is 2. The minimum atomic E-state index is -0.177. The molecule has 1 aliphatic rings. The molecule has 2 amide bonds. The molecule has 1 N–H and O–H groups in total. The lowest BCUT2D eigenvalue weighted by Crippen LogP contribution is -2.38. The minimum Gasteiger partial charge on any atom is -0.339 e. The number of nitrogens with one attached hydrogen (secondary N) is 1. The predicted molar refractivity (Wildman–Crippen MR) is 121 cm³/mol. The second-order valence-electron chi connectivity index (χ2n) is 8.14. The lowest BCUT2D eigenvalue weighted by Gasteiger charge is -2.31. The number of hydrogen-bond acceptors (Lipinski definition) is 3. The number of hydrogen-bond donors (Lipinski definition) is 1. The zero-order valence-corrected chi connectivity index (χ0v) is 17.8. The summed E-state index contributed by atoms with van der Waals surface area (Å²) in [7, 11) is 1.89. The average molecular weight is 417 g/mol. The Hall–Kier alpha value is -3.41. The normalized spacial score (nSPS) is 14.2. The summed E-state index contributed by atoms with van der Waals surface area (Å²) in [5.74, 6) is -0.137. The molecule has 1 aromatic heterocycles. The monoisotopic (exact) mass is 416 g/mol. The Morgan fingerprint density at radius 2 is 1.68 bits per heavy atom. The molecule has 31 heavy (non-hydrogen) atoms. The van der Waals surface area contributed by atoms with E-state index in [1.54, 1.807) is 30.5 Å². The first-order valence-corrected chi connectivity index (χ1v) is 10.8. The molecule has 0 unspecified atom stereocenters. The van der Waals surface area contributed by atoms with Crippen molar-refractivity contribution in [3.63, 3.8) is 0 Å². The van der Waals surface area contributed by atoms with Gasteiger partial charge in [0.05, 0.1) is 6.54 Å². The van der Waals surface area contributed by atoms with Gasteiger partial charge in [-0.1, -0.05) is 31.4 Å². The van der Waals surface area contributed by atoms with E-state index >= 15 is 0 Å². The Morgan fingerprint density at radius 3 is 2.32 bits per heavy atom. The van der Waals surface area contributed by atoms with Gasteiger partial charge in [-0.25, -0.2) is 0 Å². The average Bonchev–Trinajstić information content (AvgIpc) is 3.33. The Kier molecular flexibility index (Phi) is 6.46. The van der Waals surface area contributed by atoms with Crippen LogP contribution < -0.4 is 5.32 Å². The molecule has 0 saturated heterocycles. The van der Waals surface area contributed by atoms with Crippen molar-refractivity contribution in [1.82, 2.24) is 14.7 Å². The second-order valence-corrected chi connectivity index (χ2v) is 8.14. The molecule has 6 heteroatoms. The number of rotatable bonds is 6. The lowest BCUT2D eigenvalue weighted by molar-refractivity contribution is 0.0696. The SMILES string of the molecule is CN(C(=O)c1ccc(NC(=O)c2ccc(Cn3cccn3)cc2)cc1)C1CCCCC1. The summed E-state index contributed by atoms with van der Waals surface area (Å²) in [5, 5.41) is 7.09. The molecule has 0 spiro atoms. The van der Waals surface area contributed by atoms with Crippen molar-refractivity contribution >= 4 is 17.5 Å². The molecule has 160 valence electrons. The van der Waals surface area contributed by atoms with Gasteiger partial charge in [0.25, 0.3) is 11.8 Å². The molecule has 0 bridgehead atoms. The van der Waals surface area contributed by atoms with E-state index in [-0.39, 0.29) is 11.8 Å². The van der Waals surface area contributed by atoms with Crippen molar-refractivity contribution in [3.05, 3.63) is 83.7 Å². The van der Waals surface area contributed by atoms with Crippen molar-refractivity contribution in [2.75, 3.05) is 12.4 Å². The maximum atomic E-state index is 12.8. The van der Waals surface area contributed by atoms with Gasteiger partial charge in [-0.05, 0) is 60.9 Å². The second kappa shape index (κ2) is 9.60. The summed E-state index contributed by atoms with van der Waals surface area (Å²) in [6, 6.07) is 16.8. The Morgan fingerprint density at radius 1 is 1.00 bits per heavy atom. The number of carbonyl (C=O) groups is 2. The zero-order chi connectivity index (χ0) is 21.6. The van der Waals surface area contributed by atoms with Crippen LogP contribution in [0, 0.1) is 0 Å². The molecule has 6 nitrogen and oxygen atoms in total. The molecule has 2 aromatic carbocycles. The molecule has 0 radical (unpaired) electrons. The van der Waals surface area contributed by atoms with E-state index < -0.39 is 0 Å². The highest BCUT2D eigenvalue weighted by Gasteiger charge is 2.22. The molecule has 1 heterocycles. The number of amides is 2. The van der Waals surface area contributed by atoms with Gasteiger partial charge < -0.3 is 10.2 Å². The van der Waals surface area contributed by atoms with Gasteiger partial charge in [0.2, 0.25) is 0 Å². The predicted octanol–water partition coefficient (Wildman–Crippen LogP) is 4.59. The molecule has 0 atom stereocenters. The van der Waals surface area contributed by atoms with Crippen LogP contribution in [-0.2, 0) is 6.54 Å². The number of aromatic nitrogens is 2. The molecule has 1 fully saturated rings. The van der Waals surface area contributed by atoms with E-state index in [0.29, 0.717) is 29.4 Å². The maximum absolute atomic E-state index is 12.8. The van der Waals surface area contributed by atoms with Crippen LogP contribution in [0.1, 0.15) is 58.4 Å². The van der Waals surface area contributed by atoms with Crippen LogP contribution in [-0.4, -0.2) is 39.6 Å². The van der Waals surface area contributed by atoms with Crippen molar-refractivity contribution in [1.29, 1.82) is 0 Å². The number of benzene rings is 2. The Balaban J connectivity index is 1.34. The fourth-order valence-corrected chi connectivity index (χ4v) is 4.08. The van der Waals surface area contributed by atoms with Crippen LogP contribution >= 0.6 is 0 Å². The van der Waals surface area contributed by atoms with Gasteiger partial charge in [0, 0.05) is 42.3 Å². The van der Waals surface area contributed by atoms with Crippen LogP contribution in [0.4, 0.5) is 5.69 Å². The summed E-state index contributed by atoms with van der Waals surface area (Å²) < 4.78 is 1.84. The molecule has 1 aliphatic carbocycles. The van der Waals surface area contributed by atoms with Gasteiger partial charge in [-0.3, -0.25) is 14.3 Å². The van der Waals surface area contributed by atoms with Gasteiger partial charge in [-0.2, -0.15) is 5.10 Å². The van der Waals surface area contributed by atoms with E-state index in [2.05, 4.69) is 10.4 Å². The van der Waals surface area contributed by atoms with Gasteiger partial charge >= 0.3 is 0 Å². The van der Waals surface area contributed by atoms with Crippen LogP contribution in [0.2, 0.25) is 0 Å². The molecule has 1 saturated carbocycles. The van der Waals surface area contributed by atoms with E-state index in [1.807, 2.05) is 53.2 Å². The first-order valence-electron chi connectivity index (χ1n) is 10.8. The van der Waals surface area contributed by atoms with Gasteiger partial charge in [0.1, 0.15) is 0 Å². The standard InChI is InChI=1S/C25H28N4O2/c1-28(23-6-3-2-4-7-23)25(31)21-12-14-22(15-13-21)27-24(30)20-10-8-19(9-11-20)18-29-17-5-16-26-29/h5,8-17,23H,2-4,6-7,18H2,1H3,(H,27,30). The Labute approximate surface area is 182 Å². The highest BCUT2D eigenvalue weighted by atomic mass is 16.2. The quantitative estimate of drug-likeness (QED) is 0.639. The Bertz CT molecular complexity index is 1000. The molecular formula is C25H28N4O2. The van der Waals surface area contributed by atoms with Crippen molar-refractivity contribution in [3.8, 4) is 0 Å². The van der Waals surface area contributed by atoms with Gasteiger partial charge in [0.15, 0.2) is 0 Å². The molecule has 0 aliphatic heterocycles. The van der Waals surface area contributed by atoms with E-state index in [0.717, 1.165) is 18.4 Å². The molecule has 3 aromatic rings. The van der Waals surface area contributed by atoms with Crippen molar-refractivity contribution < 1.29 is 9.59 Å². The highest BCUT2D eigenvalue weighted by Crippen LogP contribution is 2.23. The largest absolute Gasteiger partial charge is 0.339 e. The van der Waals surface area contributed by atoms with Crippen LogP contribution in [0.15, 0.2) is 67.0 Å². The third-order valence-corrected chi connectivity index (χ3v) is 5.95. The lowest BCUT2D eigenvalue weighted by atomic mass is 9.94. The van der Waals surface area contributed by atoms with E-state index in [4.69, 9.17) is 0 Å². The van der Waals surface area contributed by atoms with Crippen LogP contribution in [0.5, 0.6) is 0 Å². The summed E-state index contributed by atoms with van der Waals surface area (Å²) in [6.07, 6.45) is 9.46. The van der Waals surface area contributed by atoms with Crippen molar-refractivity contribution in [2.45, 2.75) is 44.7 Å². The smallest absolute Gasteiger partial charge is 0.255 e. The van der Waals surface area contributed by atoms with Crippen LogP contribution in [0.25, 0.3) is 0 Å². The summed E-state index contributed by atoms with van der Waals surface area (Å²) in [6.45, 7) is 0.666. The summed E-state index contributed by atoms with van der Waals surface area (Å²) in [5.41, 5.74) is 2.98. The molecule has 4 rings (SSSR count). The van der Waals surface area contributed by atoms with Gasteiger partial charge in [-0.15, -0.1) is 0 Å². The molecular weight excluding hydrogens is 388 g/mol. The first-order chi connectivity index (χ1) is 15.1. The zero-order valence-electron chi connectivity index (χ0n) is 17.8. The fraction of sp³-hybridized carbons (Fsp3) is 0.320.